The van der Waals surface area contributed by atoms with Crippen molar-refractivity contribution in [2.24, 2.45) is 0 Å². The average Bonchev–Trinajstić information content (AvgIpc) is 3.34. The maximum Gasteiger partial charge on any atom is 0.265 e. The van der Waals surface area contributed by atoms with E-state index in [0.717, 1.165) is 22.1 Å². The van der Waals surface area contributed by atoms with Crippen molar-refractivity contribution in [3.63, 3.8) is 0 Å². The molecule has 0 radical (unpaired) electrons. The third-order valence-corrected chi connectivity index (χ3v) is 6.19. The van der Waals surface area contributed by atoms with Gasteiger partial charge in [0.15, 0.2) is 10.8 Å². The van der Waals surface area contributed by atoms with E-state index in [2.05, 4.69) is 15.2 Å². The van der Waals surface area contributed by atoms with Crippen LogP contribution in [0.3, 0.4) is 0 Å². The van der Waals surface area contributed by atoms with E-state index in [-0.39, 0.29) is 11.8 Å². The van der Waals surface area contributed by atoms with Crippen molar-refractivity contribution in [3.05, 3.63) is 58.8 Å². The first-order valence-corrected chi connectivity index (χ1v) is 10.7. The highest BCUT2D eigenvalue weighted by atomic mass is 32.1. The summed E-state index contributed by atoms with van der Waals surface area (Å²) >= 11 is 1.37. The lowest BCUT2D eigenvalue weighted by Gasteiger charge is -2.34. The predicted octanol–water partition coefficient (Wildman–Crippen LogP) is 3.42. The van der Waals surface area contributed by atoms with Crippen molar-refractivity contribution >= 4 is 28.8 Å². The molecule has 0 saturated carbocycles. The molecule has 1 aliphatic heterocycles. The molecular formula is C22H24N4O3S. The van der Waals surface area contributed by atoms with Gasteiger partial charge in [0.2, 0.25) is 5.91 Å². The fraction of sp³-hybridized carbons (Fsp3) is 0.318. The van der Waals surface area contributed by atoms with Crippen LogP contribution in [-0.4, -0.2) is 59.3 Å². The van der Waals surface area contributed by atoms with Gasteiger partial charge in [0.05, 0.1) is 12.2 Å². The first-order chi connectivity index (χ1) is 14.5. The molecule has 3 aromatic rings. The summed E-state index contributed by atoms with van der Waals surface area (Å²) in [7, 11) is 0. The van der Waals surface area contributed by atoms with E-state index < -0.39 is 0 Å². The van der Waals surface area contributed by atoms with E-state index in [9.17, 15) is 9.59 Å². The maximum atomic E-state index is 13.0. The highest BCUT2D eigenvalue weighted by Gasteiger charge is 2.26. The van der Waals surface area contributed by atoms with Gasteiger partial charge in [-0.05, 0) is 38.1 Å². The number of amides is 2. The molecule has 0 spiro atoms. The SMILES string of the molecule is Cc1ccc(-c2nc(C)c(C(=O)N3CCN(CC(=O)Nc4ccccc4)CC3)s2)o1. The van der Waals surface area contributed by atoms with Gasteiger partial charge in [-0.25, -0.2) is 4.98 Å². The molecule has 1 fully saturated rings. The Bertz CT molecular complexity index is 1040. The largest absolute Gasteiger partial charge is 0.459 e. The van der Waals surface area contributed by atoms with Crippen molar-refractivity contribution < 1.29 is 14.0 Å². The number of nitrogens with one attached hydrogen (secondary N) is 1. The molecule has 0 bridgehead atoms. The van der Waals surface area contributed by atoms with Gasteiger partial charge >= 0.3 is 0 Å². The normalized spacial score (nSPS) is 14.7. The van der Waals surface area contributed by atoms with E-state index >= 15 is 0 Å². The van der Waals surface area contributed by atoms with Gasteiger partial charge in [0.1, 0.15) is 10.6 Å². The van der Waals surface area contributed by atoms with Gasteiger partial charge < -0.3 is 14.6 Å². The molecule has 0 unspecified atom stereocenters. The quantitative estimate of drug-likeness (QED) is 0.679. The second-order valence-corrected chi connectivity index (χ2v) is 8.33. The molecule has 2 aromatic heterocycles. The minimum atomic E-state index is -0.0438. The molecular weight excluding hydrogens is 400 g/mol. The van der Waals surface area contributed by atoms with E-state index in [1.54, 1.807) is 0 Å². The van der Waals surface area contributed by atoms with Crippen LogP contribution in [0, 0.1) is 13.8 Å². The van der Waals surface area contributed by atoms with E-state index in [4.69, 9.17) is 4.42 Å². The minimum absolute atomic E-state index is 0.00656. The number of piperazine rings is 1. The molecule has 1 aliphatic rings. The summed E-state index contributed by atoms with van der Waals surface area (Å²) in [5.74, 6) is 1.46. The van der Waals surface area contributed by atoms with Crippen LogP contribution in [0.1, 0.15) is 21.1 Å². The molecule has 30 heavy (non-hydrogen) atoms. The zero-order valence-corrected chi connectivity index (χ0v) is 17.9. The average molecular weight is 425 g/mol. The highest BCUT2D eigenvalue weighted by Crippen LogP contribution is 2.30. The van der Waals surface area contributed by atoms with Gasteiger partial charge in [-0.3, -0.25) is 14.5 Å². The number of carbonyl (C=O) groups is 2. The number of hydrogen-bond acceptors (Lipinski definition) is 6. The number of aryl methyl sites for hydroxylation is 2. The van der Waals surface area contributed by atoms with Crippen molar-refractivity contribution in [3.8, 4) is 10.8 Å². The standard InChI is InChI=1S/C22H24N4O3S/c1-15-8-9-18(29-15)21-23-16(2)20(30-21)22(28)26-12-10-25(11-13-26)14-19(27)24-17-6-4-3-5-7-17/h3-9H,10-14H2,1-2H3,(H,24,27). The van der Waals surface area contributed by atoms with Crippen LogP contribution in [0.15, 0.2) is 46.9 Å². The number of benzene rings is 1. The Balaban J connectivity index is 1.32. The summed E-state index contributed by atoms with van der Waals surface area (Å²) in [6.07, 6.45) is 0. The smallest absolute Gasteiger partial charge is 0.265 e. The zero-order valence-electron chi connectivity index (χ0n) is 17.1. The zero-order chi connectivity index (χ0) is 21.1. The summed E-state index contributed by atoms with van der Waals surface area (Å²) < 4.78 is 5.64. The third kappa shape index (κ3) is 4.60. The number of rotatable bonds is 5. The first kappa shape index (κ1) is 20.3. The summed E-state index contributed by atoms with van der Waals surface area (Å²) in [5.41, 5.74) is 1.51. The van der Waals surface area contributed by atoms with Crippen LogP contribution >= 0.6 is 11.3 Å². The highest BCUT2D eigenvalue weighted by molar-refractivity contribution is 7.17. The molecule has 1 N–H and O–H groups in total. The van der Waals surface area contributed by atoms with E-state index in [0.29, 0.717) is 43.4 Å². The first-order valence-electron chi connectivity index (χ1n) is 9.90. The summed E-state index contributed by atoms with van der Waals surface area (Å²) in [5, 5.41) is 3.62. The van der Waals surface area contributed by atoms with Crippen LogP contribution in [0.2, 0.25) is 0 Å². The maximum absolute atomic E-state index is 13.0. The van der Waals surface area contributed by atoms with Crippen molar-refractivity contribution in [1.29, 1.82) is 0 Å². The van der Waals surface area contributed by atoms with Crippen molar-refractivity contribution in [1.82, 2.24) is 14.8 Å². The van der Waals surface area contributed by atoms with Gasteiger partial charge in [0, 0.05) is 31.9 Å². The van der Waals surface area contributed by atoms with Crippen molar-refractivity contribution in [2.45, 2.75) is 13.8 Å². The molecule has 156 valence electrons. The summed E-state index contributed by atoms with van der Waals surface area (Å²) in [4.78, 5) is 34.3. The number of anilines is 1. The topological polar surface area (TPSA) is 78.7 Å². The lowest BCUT2D eigenvalue weighted by atomic mass is 10.2. The van der Waals surface area contributed by atoms with Crippen LogP contribution in [-0.2, 0) is 4.79 Å². The number of aromatic nitrogens is 1. The Kier molecular flexibility index (Phi) is 5.96. The summed E-state index contributed by atoms with van der Waals surface area (Å²) in [6.45, 7) is 6.56. The van der Waals surface area contributed by atoms with Crippen molar-refractivity contribution in [2.75, 3.05) is 38.0 Å². The predicted molar refractivity (Wildman–Crippen MR) is 117 cm³/mol. The lowest BCUT2D eigenvalue weighted by Crippen LogP contribution is -2.50. The lowest BCUT2D eigenvalue weighted by molar-refractivity contribution is -0.117. The van der Waals surface area contributed by atoms with Gasteiger partial charge in [-0.2, -0.15) is 0 Å². The molecule has 7 nitrogen and oxygen atoms in total. The van der Waals surface area contributed by atoms with Gasteiger partial charge in [-0.15, -0.1) is 11.3 Å². The number of hydrogen-bond donors (Lipinski definition) is 1. The number of carbonyl (C=O) groups excluding carboxylic acids is 2. The number of furan rings is 1. The van der Waals surface area contributed by atoms with Crippen LogP contribution in [0.25, 0.3) is 10.8 Å². The molecule has 1 aromatic carbocycles. The Morgan fingerprint density at radius 1 is 1.07 bits per heavy atom. The van der Waals surface area contributed by atoms with Crippen LogP contribution < -0.4 is 5.32 Å². The minimum Gasteiger partial charge on any atom is -0.459 e. The van der Waals surface area contributed by atoms with Crippen LogP contribution in [0.5, 0.6) is 0 Å². The Morgan fingerprint density at radius 2 is 1.80 bits per heavy atom. The van der Waals surface area contributed by atoms with Crippen LogP contribution in [0.4, 0.5) is 5.69 Å². The van der Waals surface area contributed by atoms with E-state index in [1.807, 2.05) is 61.2 Å². The second-order valence-electron chi connectivity index (χ2n) is 7.33. The molecule has 8 heteroatoms. The number of nitrogens with zero attached hydrogens (tertiary/aromatic N) is 3. The van der Waals surface area contributed by atoms with E-state index in [1.165, 1.54) is 11.3 Å². The molecule has 2 amide bonds. The number of thiazole rings is 1. The second kappa shape index (κ2) is 8.81. The Morgan fingerprint density at radius 3 is 2.47 bits per heavy atom. The Hall–Kier alpha value is -2.97. The molecule has 4 rings (SSSR count). The molecule has 1 saturated heterocycles. The Labute approximate surface area is 179 Å². The van der Waals surface area contributed by atoms with Gasteiger partial charge in [0.25, 0.3) is 5.91 Å². The monoisotopic (exact) mass is 424 g/mol. The fourth-order valence-corrected chi connectivity index (χ4v) is 4.42. The molecule has 0 atom stereocenters. The summed E-state index contributed by atoms with van der Waals surface area (Å²) in [6, 6.07) is 13.2. The molecule has 3 heterocycles. The van der Waals surface area contributed by atoms with Gasteiger partial charge in [-0.1, -0.05) is 18.2 Å². The third-order valence-electron chi connectivity index (χ3n) is 5.03. The number of para-hydroxylation sites is 1. The fourth-order valence-electron chi connectivity index (χ4n) is 3.43. The molecule has 0 aliphatic carbocycles.